The molecule has 3 N–H and O–H groups in total. The van der Waals surface area contributed by atoms with E-state index in [2.05, 4.69) is 20.6 Å². The van der Waals surface area contributed by atoms with Crippen molar-refractivity contribution >= 4 is 62.5 Å². The highest BCUT2D eigenvalue weighted by Crippen LogP contribution is 2.44. The molecule has 0 bridgehead atoms. The number of anilines is 2. The Morgan fingerprint density at radius 1 is 1.17 bits per heavy atom. The molecule has 7 rings (SSSR count). The van der Waals surface area contributed by atoms with Crippen molar-refractivity contribution in [3.63, 3.8) is 0 Å². The van der Waals surface area contributed by atoms with Crippen molar-refractivity contribution in [2.24, 2.45) is 0 Å². The zero-order valence-electron chi connectivity index (χ0n) is 23.2. The van der Waals surface area contributed by atoms with Crippen LogP contribution >= 0.6 is 22.9 Å². The topological polar surface area (TPSA) is 110 Å². The summed E-state index contributed by atoms with van der Waals surface area (Å²) in [5.74, 6) is -0.589. The molecule has 4 heterocycles. The van der Waals surface area contributed by atoms with Gasteiger partial charge in [0.05, 0.1) is 16.8 Å². The summed E-state index contributed by atoms with van der Waals surface area (Å²) in [7, 11) is 0. The van der Waals surface area contributed by atoms with E-state index in [0.717, 1.165) is 35.4 Å². The summed E-state index contributed by atoms with van der Waals surface area (Å²) < 4.78 is 0. The maximum Gasteiger partial charge on any atom is 0.332 e. The van der Waals surface area contributed by atoms with Crippen LogP contribution in [0.2, 0.25) is 5.02 Å². The fourth-order valence-corrected chi connectivity index (χ4v) is 7.44. The molecule has 0 unspecified atom stereocenters. The smallest absolute Gasteiger partial charge is 0.332 e. The third kappa shape index (κ3) is 4.53. The predicted molar refractivity (Wildman–Crippen MR) is 164 cm³/mol. The second kappa shape index (κ2) is 10.4. The van der Waals surface area contributed by atoms with Crippen LogP contribution < -0.4 is 15.5 Å². The number of halogens is 1. The Bertz CT molecular complexity index is 1690. The molecule has 0 radical (unpaired) electrons. The molecule has 11 heteroatoms. The van der Waals surface area contributed by atoms with Gasteiger partial charge >= 0.3 is 6.03 Å². The van der Waals surface area contributed by atoms with Crippen molar-refractivity contribution in [3.8, 4) is 0 Å². The van der Waals surface area contributed by atoms with Gasteiger partial charge in [-0.1, -0.05) is 36.2 Å². The zero-order valence-corrected chi connectivity index (χ0v) is 24.7. The number of benzene rings is 2. The quantitative estimate of drug-likeness (QED) is 0.230. The van der Waals surface area contributed by atoms with Crippen LogP contribution in [0.1, 0.15) is 52.9 Å². The van der Waals surface area contributed by atoms with Crippen LogP contribution in [-0.2, 0) is 10.2 Å². The van der Waals surface area contributed by atoms with Gasteiger partial charge in [0.25, 0.3) is 11.8 Å². The lowest BCUT2D eigenvalue weighted by Gasteiger charge is -2.42. The van der Waals surface area contributed by atoms with Crippen LogP contribution in [0.5, 0.6) is 0 Å². The number of thiazole rings is 1. The van der Waals surface area contributed by atoms with Gasteiger partial charge in [0.15, 0.2) is 5.13 Å². The number of nitrogens with zero attached hydrogens (tertiary/aromatic N) is 3. The molecular weight excluding hydrogens is 572 g/mol. The van der Waals surface area contributed by atoms with Crippen molar-refractivity contribution in [2.45, 2.75) is 56.5 Å². The number of aromatic amines is 1. The molecule has 2 saturated heterocycles. The third-order valence-electron chi connectivity index (χ3n) is 9.00. The average molecular weight is 603 g/mol. The molecule has 0 spiro atoms. The zero-order chi connectivity index (χ0) is 29.0. The van der Waals surface area contributed by atoms with Gasteiger partial charge in [0.2, 0.25) is 0 Å². The van der Waals surface area contributed by atoms with E-state index in [0.29, 0.717) is 35.7 Å². The summed E-state index contributed by atoms with van der Waals surface area (Å²) >= 11 is 7.83. The molecule has 3 fully saturated rings. The average Bonchev–Trinajstić information content (AvgIpc) is 3.64. The van der Waals surface area contributed by atoms with Crippen molar-refractivity contribution in [1.82, 2.24) is 20.2 Å². The summed E-state index contributed by atoms with van der Waals surface area (Å²) in [6.45, 7) is 3.32. The van der Waals surface area contributed by atoms with E-state index in [4.69, 9.17) is 11.6 Å². The third-order valence-corrected chi connectivity index (χ3v) is 10.2. The minimum atomic E-state index is -0.734. The number of imide groups is 1. The Morgan fingerprint density at radius 2 is 1.98 bits per heavy atom. The van der Waals surface area contributed by atoms with Gasteiger partial charge in [-0.15, -0.1) is 11.3 Å². The van der Waals surface area contributed by atoms with Crippen LogP contribution in [0.4, 0.5) is 15.6 Å². The van der Waals surface area contributed by atoms with Crippen molar-refractivity contribution < 1.29 is 14.4 Å². The first kappa shape index (κ1) is 27.0. The van der Waals surface area contributed by atoms with Crippen LogP contribution in [0.3, 0.4) is 0 Å². The first-order valence-electron chi connectivity index (χ1n) is 14.3. The van der Waals surface area contributed by atoms with E-state index in [-0.39, 0.29) is 23.3 Å². The highest BCUT2D eigenvalue weighted by atomic mass is 35.5. The molecule has 42 heavy (non-hydrogen) atoms. The summed E-state index contributed by atoms with van der Waals surface area (Å²) in [5, 5.41) is 8.90. The largest absolute Gasteiger partial charge is 0.361 e. The number of amides is 4. The van der Waals surface area contributed by atoms with Crippen LogP contribution in [0.15, 0.2) is 54.9 Å². The molecule has 4 amide bonds. The number of nitrogens with one attached hydrogen (secondary N) is 3. The monoisotopic (exact) mass is 602 g/mol. The molecule has 9 nitrogen and oxygen atoms in total. The number of urea groups is 1. The van der Waals surface area contributed by atoms with Gasteiger partial charge < -0.3 is 20.5 Å². The maximum absolute atomic E-state index is 13.7. The highest BCUT2D eigenvalue weighted by molar-refractivity contribution is 7.15. The summed E-state index contributed by atoms with van der Waals surface area (Å²) in [5.41, 5.74) is 2.99. The number of aromatic nitrogens is 2. The lowest BCUT2D eigenvalue weighted by atomic mass is 9.64. The molecule has 1 aliphatic carbocycles. The molecule has 2 aromatic carbocycles. The number of carbonyl (C=O) groups is 3. The van der Waals surface area contributed by atoms with Crippen LogP contribution in [0, 0.1) is 6.92 Å². The Kier molecular flexibility index (Phi) is 6.70. The second-order valence-corrected chi connectivity index (χ2v) is 13.2. The number of fused-ring (bicyclic) bond motifs is 2. The van der Waals surface area contributed by atoms with Crippen LogP contribution in [0.25, 0.3) is 10.9 Å². The maximum atomic E-state index is 13.7. The normalized spacial score (nSPS) is 21.4. The lowest BCUT2D eigenvalue weighted by Crippen LogP contribution is -2.55. The minimum absolute atomic E-state index is 0.0124. The summed E-state index contributed by atoms with van der Waals surface area (Å²) in [6.07, 6.45) is 8.19. The predicted octanol–water partition coefficient (Wildman–Crippen LogP) is 5.85. The molecular formula is C31H31ClN6O3S. The Morgan fingerprint density at radius 3 is 2.69 bits per heavy atom. The van der Waals surface area contributed by atoms with Crippen molar-refractivity contribution in [1.29, 1.82) is 0 Å². The van der Waals surface area contributed by atoms with E-state index >= 15 is 0 Å². The Hall–Kier alpha value is -3.89. The van der Waals surface area contributed by atoms with E-state index in [1.54, 1.807) is 40.6 Å². The molecule has 4 aromatic rings. The van der Waals surface area contributed by atoms with Crippen molar-refractivity contribution in [3.05, 3.63) is 75.9 Å². The van der Waals surface area contributed by atoms with Crippen molar-refractivity contribution in [2.75, 3.05) is 23.3 Å². The number of hydrogen-bond acceptors (Lipinski definition) is 6. The van der Waals surface area contributed by atoms with Gasteiger partial charge in [-0.05, 0) is 62.4 Å². The number of piperidine rings is 1. The molecule has 1 saturated carbocycles. The molecule has 2 atom stereocenters. The van der Waals surface area contributed by atoms with E-state index < -0.39 is 12.1 Å². The van der Waals surface area contributed by atoms with Gasteiger partial charge in [-0.25, -0.2) is 14.7 Å². The van der Waals surface area contributed by atoms with Gasteiger partial charge in [-0.3, -0.25) is 9.59 Å². The molecule has 2 aliphatic heterocycles. The number of rotatable bonds is 7. The Balaban J connectivity index is 1.07. The van der Waals surface area contributed by atoms with E-state index in [1.807, 2.05) is 37.4 Å². The van der Waals surface area contributed by atoms with Gasteiger partial charge in [0.1, 0.15) is 6.04 Å². The second-order valence-electron chi connectivity index (χ2n) is 11.5. The summed E-state index contributed by atoms with van der Waals surface area (Å²) in [6, 6.07) is 11.6. The SMILES string of the molecule is Cc1cnc(NCC2(c3ccc(N4C(=O)[C@@H]5[C@H](NC(=O)c6ccc7c(Cl)c[nH]c7c6)CCCN5C4=O)cc3)CCC2)s1. The number of H-pyrrole nitrogens is 1. The van der Waals surface area contributed by atoms with Gasteiger partial charge in [-0.2, -0.15) is 0 Å². The van der Waals surface area contributed by atoms with E-state index in [9.17, 15) is 14.4 Å². The molecule has 2 aromatic heterocycles. The number of aryl methyl sites for hydroxylation is 1. The molecule has 216 valence electrons. The Labute approximate surface area is 252 Å². The lowest BCUT2D eigenvalue weighted by molar-refractivity contribution is -0.121. The standard InChI is InChI=1S/C31H31ClN6O3S/c1-18-15-34-29(42-18)35-17-31(11-3-12-31)20-6-8-21(9-7-20)38-28(40)26-24(4-2-13-37(26)30(38)41)36-27(39)19-5-10-22-23(32)16-33-25(22)14-19/h5-10,14-16,24,26,33H,2-4,11-13,17H2,1H3,(H,34,35)(H,36,39)/t24-,26+/m1/s1. The minimum Gasteiger partial charge on any atom is -0.361 e. The molecule has 3 aliphatic rings. The summed E-state index contributed by atoms with van der Waals surface area (Å²) in [4.78, 5) is 52.0. The van der Waals surface area contributed by atoms with Crippen LogP contribution in [-0.4, -0.2) is 57.9 Å². The number of hydrogen-bond donors (Lipinski definition) is 3. The first-order chi connectivity index (χ1) is 20.3. The first-order valence-corrected chi connectivity index (χ1v) is 15.5. The fourth-order valence-electron chi connectivity index (χ4n) is 6.56. The highest BCUT2D eigenvalue weighted by Gasteiger charge is 2.51. The van der Waals surface area contributed by atoms with Gasteiger partial charge in [0, 0.05) is 52.2 Å². The fraction of sp³-hybridized carbons (Fsp3) is 0.355. The van der Waals surface area contributed by atoms with E-state index in [1.165, 1.54) is 21.8 Å². The number of carbonyl (C=O) groups excluding carboxylic acids is 3.